The molecule has 3 aromatic rings. The van der Waals surface area contributed by atoms with Gasteiger partial charge in [0.05, 0.1) is 13.2 Å². The van der Waals surface area contributed by atoms with Gasteiger partial charge in [0.15, 0.2) is 10.8 Å². The third-order valence-electron chi connectivity index (χ3n) is 2.79. The van der Waals surface area contributed by atoms with Crippen molar-refractivity contribution in [1.82, 2.24) is 30.8 Å². The summed E-state index contributed by atoms with van der Waals surface area (Å²) < 4.78 is 14.6. The molecule has 0 spiro atoms. The van der Waals surface area contributed by atoms with E-state index in [1.54, 1.807) is 0 Å². The lowest BCUT2D eigenvalue weighted by molar-refractivity contribution is -0.719. The lowest BCUT2D eigenvalue weighted by Crippen LogP contribution is -2.43. The lowest BCUT2D eigenvalue weighted by atomic mass is 10.4. The van der Waals surface area contributed by atoms with Crippen LogP contribution in [0.4, 0.5) is 5.82 Å². The molecule has 98 valence electrons. The van der Waals surface area contributed by atoms with Gasteiger partial charge in [-0.05, 0) is 0 Å². The molecule has 3 aromatic heterocycles. The summed E-state index contributed by atoms with van der Waals surface area (Å²) in [4.78, 5) is 3.27. The molecule has 1 aliphatic rings. The van der Waals surface area contributed by atoms with E-state index in [2.05, 4.69) is 35.5 Å². The minimum atomic E-state index is 0.302. The maximum atomic E-state index is 5.29. The van der Waals surface area contributed by atoms with Gasteiger partial charge in [0, 0.05) is 18.2 Å². The topological polar surface area (TPSA) is 121 Å². The van der Waals surface area contributed by atoms with Crippen LogP contribution in [0.15, 0.2) is 9.26 Å². The van der Waals surface area contributed by atoms with Crippen LogP contribution in [0.5, 0.6) is 0 Å². The third kappa shape index (κ3) is 1.62. The van der Waals surface area contributed by atoms with Gasteiger partial charge < -0.3 is 14.3 Å². The van der Waals surface area contributed by atoms with Crippen molar-refractivity contribution in [2.75, 3.05) is 31.2 Å². The number of morpholine rings is 1. The summed E-state index contributed by atoms with van der Waals surface area (Å²) in [6, 6.07) is 0. The molecule has 0 N–H and O–H groups in total. The number of hydrogen-bond donors (Lipinski definition) is 0. The monoisotopic (exact) mass is 264 g/mol. The van der Waals surface area contributed by atoms with E-state index in [1.165, 1.54) is 4.80 Å². The van der Waals surface area contributed by atoms with Crippen LogP contribution in [0, 0.1) is 0 Å². The van der Waals surface area contributed by atoms with E-state index in [0.29, 0.717) is 49.2 Å². The summed E-state index contributed by atoms with van der Waals surface area (Å²) in [5, 5.41) is 23.1. The Balaban J connectivity index is 1.74. The number of anilines is 1. The Bertz CT molecular complexity index is 667. The second kappa shape index (κ2) is 3.98. The average Bonchev–Trinajstić information content (AvgIpc) is 3.14. The van der Waals surface area contributed by atoms with Crippen molar-refractivity contribution in [2.45, 2.75) is 0 Å². The predicted molar refractivity (Wildman–Crippen MR) is 55.3 cm³/mol. The van der Waals surface area contributed by atoms with Gasteiger partial charge in [0.1, 0.15) is 5.65 Å². The van der Waals surface area contributed by atoms with Crippen molar-refractivity contribution >= 4 is 17.1 Å². The zero-order valence-corrected chi connectivity index (χ0v) is 9.63. The number of ether oxygens (including phenoxy) is 1. The van der Waals surface area contributed by atoms with Gasteiger partial charge in [0.25, 0.3) is 5.82 Å². The fourth-order valence-corrected chi connectivity index (χ4v) is 1.88. The van der Waals surface area contributed by atoms with E-state index in [0.717, 1.165) is 0 Å². The summed E-state index contributed by atoms with van der Waals surface area (Å²) >= 11 is 0. The fraction of sp³-hybridized carbons (Fsp3) is 0.500. The van der Waals surface area contributed by atoms with Crippen molar-refractivity contribution in [3.63, 3.8) is 0 Å². The van der Waals surface area contributed by atoms with Crippen LogP contribution in [-0.2, 0) is 4.74 Å². The van der Waals surface area contributed by atoms with Gasteiger partial charge in [-0.2, -0.15) is 15.4 Å². The Kier molecular flexibility index (Phi) is 2.17. The molecule has 0 atom stereocenters. The number of nitrogens with zero attached hydrogens (tertiary/aromatic N) is 8. The molecule has 0 bridgehead atoms. The van der Waals surface area contributed by atoms with Crippen molar-refractivity contribution in [3.8, 4) is 5.82 Å². The van der Waals surface area contributed by atoms with Gasteiger partial charge in [-0.25, -0.2) is 0 Å². The van der Waals surface area contributed by atoms with Crippen LogP contribution < -0.4 is 14.8 Å². The molecule has 19 heavy (non-hydrogen) atoms. The van der Waals surface area contributed by atoms with Crippen LogP contribution in [-0.4, -0.2) is 52.0 Å². The van der Waals surface area contributed by atoms with E-state index >= 15 is 0 Å². The normalized spacial score (nSPS) is 16.3. The Morgan fingerprint density at radius 1 is 1.05 bits per heavy atom. The van der Waals surface area contributed by atoms with Crippen LogP contribution in [0.25, 0.3) is 17.1 Å². The Labute approximate surface area is 105 Å². The van der Waals surface area contributed by atoms with Crippen molar-refractivity contribution in [3.05, 3.63) is 0 Å². The van der Waals surface area contributed by atoms with E-state index in [9.17, 15) is 0 Å². The van der Waals surface area contributed by atoms with Gasteiger partial charge >= 0.3 is 5.82 Å². The standard InChI is InChI=1S/C8H8N8O3/c1-3-17-4-2-15(1)7-8(14-19-13-7)16-9-5-6(10-16)12-18-11-5/h1-4H2. The molecule has 11 heteroatoms. The molecule has 0 aliphatic carbocycles. The lowest BCUT2D eigenvalue weighted by Gasteiger charge is -2.24. The Morgan fingerprint density at radius 3 is 2.74 bits per heavy atom. The highest BCUT2D eigenvalue weighted by molar-refractivity contribution is 5.60. The summed E-state index contributed by atoms with van der Waals surface area (Å²) in [5.74, 6) is 0.958. The molecule has 1 fully saturated rings. The summed E-state index contributed by atoms with van der Waals surface area (Å²) in [5.41, 5.74) is 0.604. The zero-order valence-electron chi connectivity index (χ0n) is 9.63. The third-order valence-corrected chi connectivity index (χ3v) is 2.79. The molecule has 11 nitrogen and oxygen atoms in total. The van der Waals surface area contributed by atoms with E-state index in [1.807, 2.05) is 4.90 Å². The van der Waals surface area contributed by atoms with Gasteiger partial charge in [0.2, 0.25) is 0 Å². The summed E-state index contributed by atoms with van der Waals surface area (Å²) in [7, 11) is 0. The Hall–Kier alpha value is -2.56. The van der Waals surface area contributed by atoms with Crippen LogP contribution in [0.2, 0.25) is 0 Å². The number of fused-ring (bicyclic) bond motifs is 1. The molecule has 0 unspecified atom stereocenters. The number of rotatable bonds is 2. The molecule has 0 aromatic carbocycles. The van der Waals surface area contributed by atoms with Crippen LogP contribution >= 0.6 is 0 Å². The minimum Gasteiger partial charge on any atom is -0.378 e. The molecule has 1 saturated heterocycles. The van der Waals surface area contributed by atoms with Crippen molar-refractivity contribution in [1.29, 1.82) is 0 Å². The van der Waals surface area contributed by atoms with Gasteiger partial charge in [-0.15, -0.1) is 9.43 Å². The summed E-state index contributed by atoms with van der Waals surface area (Å²) in [6.07, 6.45) is 0. The molecule has 0 radical (unpaired) electrons. The first-order valence-electron chi connectivity index (χ1n) is 5.63. The largest absolute Gasteiger partial charge is 0.441 e. The average molecular weight is 264 g/mol. The molecule has 0 amide bonds. The van der Waals surface area contributed by atoms with Crippen LogP contribution in [0.1, 0.15) is 0 Å². The Morgan fingerprint density at radius 2 is 1.89 bits per heavy atom. The second-order valence-electron chi connectivity index (χ2n) is 3.91. The van der Waals surface area contributed by atoms with Crippen molar-refractivity contribution < 1.29 is 18.8 Å². The van der Waals surface area contributed by atoms with Crippen LogP contribution in [0.3, 0.4) is 0 Å². The fourth-order valence-electron chi connectivity index (χ4n) is 1.88. The first kappa shape index (κ1) is 10.4. The molecular formula is C8H8N8O3. The van der Waals surface area contributed by atoms with E-state index in [4.69, 9.17) is 9.37 Å². The number of hydrogen-bond acceptors (Lipinski definition) is 9. The zero-order chi connectivity index (χ0) is 12.7. The molecule has 4 heterocycles. The predicted octanol–water partition coefficient (Wildman–Crippen LogP) is -1.93. The van der Waals surface area contributed by atoms with Crippen molar-refractivity contribution in [2.24, 2.45) is 0 Å². The minimum absolute atomic E-state index is 0.302. The quantitative estimate of drug-likeness (QED) is 0.483. The first-order valence-corrected chi connectivity index (χ1v) is 5.63. The highest BCUT2D eigenvalue weighted by atomic mass is 16.6. The number of aromatic nitrogens is 7. The molecular weight excluding hydrogens is 256 g/mol. The smallest absolute Gasteiger partial charge is 0.378 e. The summed E-state index contributed by atoms with van der Waals surface area (Å²) in [6.45, 7) is 2.68. The maximum absolute atomic E-state index is 5.29. The molecule has 1 aliphatic heterocycles. The second-order valence-corrected chi connectivity index (χ2v) is 3.91. The molecule has 0 saturated carbocycles. The van der Waals surface area contributed by atoms with Gasteiger partial charge in [-0.1, -0.05) is 5.16 Å². The van der Waals surface area contributed by atoms with E-state index < -0.39 is 0 Å². The highest BCUT2D eigenvalue weighted by Gasteiger charge is 2.28. The van der Waals surface area contributed by atoms with E-state index in [-0.39, 0.29) is 0 Å². The highest BCUT2D eigenvalue weighted by Crippen LogP contribution is 2.16. The molecule has 4 rings (SSSR count). The van der Waals surface area contributed by atoms with Gasteiger partial charge in [-0.3, -0.25) is 0 Å². The SMILES string of the molecule is C1CN(c2nonc2-[n+]2nc3nonc3[n-]2)CCO1. The maximum Gasteiger partial charge on any atom is 0.441 e. The first-order chi connectivity index (χ1) is 9.42.